The molecule has 0 radical (unpaired) electrons. The lowest BCUT2D eigenvalue weighted by atomic mass is 9.76. The molecule has 2 heteroatoms. The molecule has 1 aromatic rings. The third kappa shape index (κ3) is 2.11. The van der Waals surface area contributed by atoms with Crippen molar-refractivity contribution in [2.45, 2.75) is 39.2 Å². The first kappa shape index (κ1) is 11.9. The maximum absolute atomic E-state index is 6.14. The molecule has 1 fully saturated rings. The van der Waals surface area contributed by atoms with Crippen LogP contribution in [0.3, 0.4) is 0 Å². The van der Waals surface area contributed by atoms with Crippen LogP contribution in [-0.2, 0) is 0 Å². The Balaban J connectivity index is 2.33. The van der Waals surface area contributed by atoms with E-state index in [-0.39, 0.29) is 0 Å². The Labute approximate surface area is 103 Å². The van der Waals surface area contributed by atoms with Crippen LogP contribution < -0.4 is 5.32 Å². The molecular formula is C14H20ClN. The summed E-state index contributed by atoms with van der Waals surface area (Å²) < 4.78 is 0. The van der Waals surface area contributed by atoms with E-state index in [9.17, 15) is 0 Å². The maximum Gasteiger partial charge on any atom is 0.0438 e. The Morgan fingerprint density at radius 2 is 1.94 bits per heavy atom. The number of rotatable bonds is 3. The van der Waals surface area contributed by atoms with E-state index >= 15 is 0 Å². The van der Waals surface area contributed by atoms with Gasteiger partial charge in [0.25, 0.3) is 0 Å². The summed E-state index contributed by atoms with van der Waals surface area (Å²) in [5, 5.41) is 4.34. The van der Waals surface area contributed by atoms with Gasteiger partial charge in [-0.1, -0.05) is 24.1 Å². The number of hydrogen-bond donors (Lipinski definition) is 1. The van der Waals surface area contributed by atoms with Crippen molar-refractivity contribution in [1.82, 2.24) is 5.32 Å². The molecule has 2 rings (SSSR count). The molecule has 1 unspecified atom stereocenters. The van der Waals surface area contributed by atoms with E-state index in [1.807, 2.05) is 0 Å². The SMILES string of the molecule is CNC(c1cc(C)c(Cl)cc1C)C1CCC1. The van der Waals surface area contributed by atoms with Gasteiger partial charge in [-0.25, -0.2) is 0 Å². The Kier molecular flexibility index (Phi) is 3.56. The summed E-state index contributed by atoms with van der Waals surface area (Å²) in [6.07, 6.45) is 4.09. The van der Waals surface area contributed by atoms with Crippen LogP contribution in [0.25, 0.3) is 0 Å². The van der Waals surface area contributed by atoms with E-state index in [0.717, 1.165) is 10.9 Å². The van der Waals surface area contributed by atoms with Crippen LogP contribution in [0.4, 0.5) is 0 Å². The van der Waals surface area contributed by atoms with Gasteiger partial charge in [0.1, 0.15) is 0 Å². The Morgan fingerprint density at radius 1 is 1.25 bits per heavy atom. The molecule has 0 spiro atoms. The van der Waals surface area contributed by atoms with E-state index in [4.69, 9.17) is 11.6 Å². The van der Waals surface area contributed by atoms with Crippen molar-refractivity contribution in [2.75, 3.05) is 7.05 Å². The highest BCUT2D eigenvalue weighted by atomic mass is 35.5. The Bertz CT molecular complexity index is 383. The Morgan fingerprint density at radius 3 is 2.44 bits per heavy atom. The second-order valence-corrected chi connectivity index (χ2v) is 5.32. The lowest BCUT2D eigenvalue weighted by Gasteiger charge is -2.35. The van der Waals surface area contributed by atoms with Gasteiger partial charge >= 0.3 is 0 Å². The summed E-state index contributed by atoms with van der Waals surface area (Å²) in [6.45, 7) is 4.24. The second kappa shape index (κ2) is 4.77. The summed E-state index contributed by atoms with van der Waals surface area (Å²) in [6, 6.07) is 4.84. The van der Waals surface area contributed by atoms with Crippen LogP contribution in [0.2, 0.25) is 5.02 Å². The van der Waals surface area contributed by atoms with Crippen molar-refractivity contribution in [3.05, 3.63) is 33.8 Å². The van der Waals surface area contributed by atoms with Crippen LogP contribution in [0.5, 0.6) is 0 Å². The summed E-state index contributed by atoms with van der Waals surface area (Å²) in [7, 11) is 2.06. The van der Waals surface area contributed by atoms with Gasteiger partial charge in [-0.05, 0) is 62.4 Å². The average molecular weight is 238 g/mol. The summed E-state index contributed by atoms with van der Waals surface area (Å²) in [5.41, 5.74) is 3.91. The zero-order valence-corrected chi connectivity index (χ0v) is 11.1. The monoisotopic (exact) mass is 237 g/mol. The normalized spacial score (nSPS) is 18.2. The van der Waals surface area contributed by atoms with Crippen LogP contribution in [0, 0.1) is 19.8 Å². The zero-order chi connectivity index (χ0) is 11.7. The fourth-order valence-corrected chi connectivity index (χ4v) is 2.77. The predicted octanol–water partition coefficient (Wildman–Crippen LogP) is 4.02. The van der Waals surface area contributed by atoms with Crippen molar-refractivity contribution in [2.24, 2.45) is 5.92 Å². The highest BCUT2D eigenvalue weighted by molar-refractivity contribution is 6.31. The minimum Gasteiger partial charge on any atom is -0.313 e. The Hall–Kier alpha value is -0.530. The minimum absolute atomic E-state index is 0.504. The summed E-state index contributed by atoms with van der Waals surface area (Å²) in [5.74, 6) is 0.810. The van der Waals surface area contributed by atoms with Crippen LogP contribution in [-0.4, -0.2) is 7.05 Å². The van der Waals surface area contributed by atoms with Gasteiger partial charge in [0.05, 0.1) is 0 Å². The van der Waals surface area contributed by atoms with Crippen molar-refractivity contribution in [1.29, 1.82) is 0 Å². The van der Waals surface area contributed by atoms with Crippen LogP contribution in [0.15, 0.2) is 12.1 Å². The third-order valence-electron chi connectivity index (χ3n) is 3.81. The molecule has 1 saturated carbocycles. The smallest absolute Gasteiger partial charge is 0.0438 e. The van der Waals surface area contributed by atoms with Crippen molar-refractivity contribution >= 4 is 11.6 Å². The van der Waals surface area contributed by atoms with Gasteiger partial charge in [0.15, 0.2) is 0 Å². The molecule has 1 aromatic carbocycles. The number of nitrogens with one attached hydrogen (secondary N) is 1. The standard InChI is InChI=1S/C14H20ClN/c1-9-8-13(15)10(2)7-12(9)14(16-3)11-5-4-6-11/h7-8,11,14,16H,4-6H2,1-3H3. The number of halogens is 1. The predicted molar refractivity (Wildman–Crippen MR) is 70.1 cm³/mol. The first-order valence-corrected chi connectivity index (χ1v) is 6.45. The molecule has 0 amide bonds. The van der Waals surface area contributed by atoms with Crippen molar-refractivity contribution in [3.8, 4) is 0 Å². The number of aryl methyl sites for hydroxylation is 2. The van der Waals surface area contributed by atoms with E-state index < -0.39 is 0 Å². The van der Waals surface area contributed by atoms with Gasteiger partial charge in [0.2, 0.25) is 0 Å². The topological polar surface area (TPSA) is 12.0 Å². The van der Waals surface area contributed by atoms with E-state index in [2.05, 4.69) is 38.3 Å². The van der Waals surface area contributed by atoms with Gasteiger partial charge < -0.3 is 5.32 Å². The molecule has 1 atom stereocenters. The molecule has 1 N–H and O–H groups in total. The first-order valence-electron chi connectivity index (χ1n) is 6.07. The fourth-order valence-electron chi connectivity index (χ4n) is 2.56. The molecule has 0 heterocycles. The molecule has 1 aliphatic rings. The molecule has 0 aromatic heterocycles. The molecule has 1 nitrogen and oxygen atoms in total. The van der Waals surface area contributed by atoms with E-state index in [0.29, 0.717) is 6.04 Å². The quantitative estimate of drug-likeness (QED) is 0.838. The largest absolute Gasteiger partial charge is 0.313 e. The lowest BCUT2D eigenvalue weighted by molar-refractivity contribution is 0.239. The van der Waals surface area contributed by atoms with E-state index in [1.54, 1.807) is 0 Å². The lowest BCUT2D eigenvalue weighted by Crippen LogP contribution is -2.30. The molecule has 0 aliphatic heterocycles. The summed E-state index contributed by atoms with van der Waals surface area (Å²) >= 11 is 6.14. The van der Waals surface area contributed by atoms with Crippen LogP contribution >= 0.6 is 11.6 Å². The average Bonchev–Trinajstić information content (AvgIpc) is 2.17. The van der Waals surface area contributed by atoms with Crippen LogP contribution in [0.1, 0.15) is 42.0 Å². The van der Waals surface area contributed by atoms with Crippen molar-refractivity contribution < 1.29 is 0 Å². The third-order valence-corrected chi connectivity index (χ3v) is 4.22. The molecule has 0 saturated heterocycles. The van der Waals surface area contributed by atoms with Gasteiger partial charge in [-0.15, -0.1) is 0 Å². The molecular weight excluding hydrogens is 218 g/mol. The highest BCUT2D eigenvalue weighted by Crippen LogP contribution is 2.39. The second-order valence-electron chi connectivity index (χ2n) is 4.92. The van der Waals surface area contributed by atoms with E-state index in [1.165, 1.54) is 36.0 Å². The first-order chi connectivity index (χ1) is 7.63. The number of benzene rings is 1. The maximum atomic E-state index is 6.14. The highest BCUT2D eigenvalue weighted by Gasteiger charge is 2.28. The molecule has 88 valence electrons. The molecule has 16 heavy (non-hydrogen) atoms. The number of hydrogen-bond acceptors (Lipinski definition) is 1. The minimum atomic E-state index is 0.504. The molecule has 1 aliphatic carbocycles. The van der Waals surface area contributed by atoms with Gasteiger partial charge in [-0.2, -0.15) is 0 Å². The van der Waals surface area contributed by atoms with Crippen molar-refractivity contribution in [3.63, 3.8) is 0 Å². The van der Waals surface area contributed by atoms with Gasteiger partial charge in [-0.3, -0.25) is 0 Å². The molecule has 0 bridgehead atoms. The zero-order valence-electron chi connectivity index (χ0n) is 10.3. The van der Waals surface area contributed by atoms with Gasteiger partial charge in [0, 0.05) is 11.1 Å². The fraction of sp³-hybridized carbons (Fsp3) is 0.571. The summed E-state index contributed by atoms with van der Waals surface area (Å²) in [4.78, 5) is 0.